The molecule has 1 aliphatic heterocycles. The van der Waals surface area contributed by atoms with Gasteiger partial charge in [-0.25, -0.2) is 0 Å². The van der Waals surface area contributed by atoms with Crippen molar-refractivity contribution in [2.75, 3.05) is 32.8 Å². The van der Waals surface area contributed by atoms with Crippen LogP contribution in [0.1, 0.15) is 11.6 Å². The van der Waals surface area contributed by atoms with Crippen molar-refractivity contribution in [3.8, 4) is 11.1 Å². The molecule has 1 aliphatic rings. The van der Waals surface area contributed by atoms with E-state index in [4.69, 9.17) is 10.5 Å². The molecule has 2 aromatic rings. The van der Waals surface area contributed by atoms with Crippen LogP contribution in [0.25, 0.3) is 11.1 Å². The zero-order chi connectivity index (χ0) is 14.5. The SMILES string of the molecule is N[C@@H](CN1CCOCC1)c1ccc(-c2ccccc2)cc1. The van der Waals surface area contributed by atoms with Gasteiger partial charge in [-0.3, -0.25) is 4.90 Å². The first-order chi connectivity index (χ1) is 10.3. The Labute approximate surface area is 126 Å². The Morgan fingerprint density at radius 2 is 1.52 bits per heavy atom. The Kier molecular flexibility index (Phi) is 4.65. The molecule has 21 heavy (non-hydrogen) atoms. The lowest BCUT2D eigenvalue weighted by Crippen LogP contribution is -2.40. The summed E-state index contributed by atoms with van der Waals surface area (Å²) >= 11 is 0. The largest absolute Gasteiger partial charge is 0.379 e. The second kappa shape index (κ2) is 6.85. The second-order valence-electron chi connectivity index (χ2n) is 5.51. The molecule has 3 heteroatoms. The second-order valence-corrected chi connectivity index (χ2v) is 5.51. The fourth-order valence-corrected chi connectivity index (χ4v) is 2.72. The number of ether oxygens (including phenoxy) is 1. The monoisotopic (exact) mass is 282 g/mol. The Balaban J connectivity index is 1.66. The number of hydrogen-bond donors (Lipinski definition) is 1. The number of nitrogens with two attached hydrogens (primary N) is 1. The third-order valence-electron chi connectivity index (χ3n) is 4.00. The molecule has 0 saturated carbocycles. The van der Waals surface area contributed by atoms with E-state index in [1.807, 2.05) is 6.07 Å². The van der Waals surface area contributed by atoms with Gasteiger partial charge in [-0.2, -0.15) is 0 Å². The minimum Gasteiger partial charge on any atom is -0.379 e. The molecule has 0 bridgehead atoms. The summed E-state index contributed by atoms with van der Waals surface area (Å²) < 4.78 is 5.37. The van der Waals surface area contributed by atoms with Crippen LogP contribution in [0.2, 0.25) is 0 Å². The fourth-order valence-electron chi connectivity index (χ4n) is 2.72. The predicted octanol–water partition coefficient (Wildman–Crippen LogP) is 2.69. The molecule has 1 fully saturated rings. The molecular weight excluding hydrogens is 260 g/mol. The molecule has 0 spiro atoms. The van der Waals surface area contributed by atoms with Crippen molar-refractivity contribution >= 4 is 0 Å². The quantitative estimate of drug-likeness (QED) is 0.937. The Bertz CT molecular complexity index is 547. The van der Waals surface area contributed by atoms with Gasteiger partial charge >= 0.3 is 0 Å². The minimum absolute atomic E-state index is 0.0629. The first-order valence-corrected chi connectivity index (χ1v) is 7.54. The van der Waals surface area contributed by atoms with E-state index in [2.05, 4.69) is 53.4 Å². The van der Waals surface area contributed by atoms with Crippen molar-refractivity contribution in [3.63, 3.8) is 0 Å². The highest BCUT2D eigenvalue weighted by molar-refractivity contribution is 5.63. The van der Waals surface area contributed by atoms with Gasteiger partial charge in [0.25, 0.3) is 0 Å². The summed E-state index contributed by atoms with van der Waals surface area (Å²) in [5.74, 6) is 0. The molecule has 110 valence electrons. The van der Waals surface area contributed by atoms with Crippen molar-refractivity contribution in [2.24, 2.45) is 5.73 Å². The summed E-state index contributed by atoms with van der Waals surface area (Å²) in [6.07, 6.45) is 0. The van der Waals surface area contributed by atoms with E-state index in [9.17, 15) is 0 Å². The number of benzene rings is 2. The molecule has 0 amide bonds. The molecule has 3 rings (SSSR count). The van der Waals surface area contributed by atoms with Crippen LogP contribution in [0.15, 0.2) is 54.6 Å². The topological polar surface area (TPSA) is 38.5 Å². The molecule has 2 N–H and O–H groups in total. The summed E-state index contributed by atoms with van der Waals surface area (Å²) in [5.41, 5.74) is 10.0. The third-order valence-corrected chi connectivity index (χ3v) is 4.00. The Morgan fingerprint density at radius 1 is 0.905 bits per heavy atom. The average molecular weight is 282 g/mol. The van der Waals surface area contributed by atoms with E-state index in [1.54, 1.807) is 0 Å². The van der Waals surface area contributed by atoms with Gasteiger partial charge in [0.2, 0.25) is 0 Å². The number of nitrogens with zero attached hydrogens (tertiary/aromatic N) is 1. The molecule has 1 heterocycles. The van der Waals surface area contributed by atoms with Crippen molar-refractivity contribution in [3.05, 3.63) is 60.2 Å². The van der Waals surface area contributed by atoms with Crippen LogP contribution < -0.4 is 5.73 Å². The highest BCUT2D eigenvalue weighted by Crippen LogP contribution is 2.21. The summed E-state index contributed by atoms with van der Waals surface area (Å²) in [6.45, 7) is 4.50. The molecule has 0 unspecified atom stereocenters. The maximum absolute atomic E-state index is 6.33. The van der Waals surface area contributed by atoms with Gasteiger partial charge in [-0.05, 0) is 16.7 Å². The summed E-state index contributed by atoms with van der Waals surface area (Å²) in [6, 6.07) is 19.1. The smallest absolute Gasteiger partial charge is 0.0594 e. The maximum atomic E-state index is 6.33. The fraction of sp³-hybridized carbons (Fsp3) is 0.333. The van der Waals surface area contributed by atoms with Crippen molar-refractivity contribution < 1.29 is 4.74 Å². The Morgan fingerprint density at radius 3 is 2.19 bits per heavy atom. The minimum atomic E-state index is 0.0629. The zero-order valence-electron chi connectivity index (χ0n) is 12.2. The van der Waals surface area contributed by atoms with Crippen molar-refractivity contribution in [1.82, 2.24) is 4.90 Å². The molecule has 3 nitrogen and oxygen atoms in total. The van der Waals surface area contributed by atoms with Gasteiger partial charge in [-0.15, -0.1) is 0 Å². The standard InChI is InChI=1S/C18H22N2O/c19-18(14-20-10-12-21-13-11-20)17-8-6-16(7-9-17)15-4-2-1-3-5-15/h1-9,18H,10-14,19H2/t18-/m0/s1. The van der Waals surface area contributed by atoms with Gasteiger partial charge < -0.3 is 10.5 Å². The molecule has 1 atom stereocenters. The van der Waals surface area contributed by atoms with Gasteiger partial charge in [-0.1, -0.05) is 54.6 Å². The first kappa shape index (κ1) is 14.3. The lowest BCUT2D eigenvalue weighted by Gasteiger charge is -2.29. The van der Waals surface area contributed by atoms with Crippen LogP contribution in [0.5, 0.6) is 0 Å². The lowest BCUT2D eigenvalue weighted by molar-refractivity contribution is 0.0352. The lowest BCUT2D eigenvalue weighted by atomic mass is 10.0. The van der Waals surface area contributed by atoms with E-state index in [0.717, 1.165) is 32.8 Å². The normalized spacial score (nSPS) is 17.6. The highest BCUT2D eigenvalue weighted by Gasteiger charge is 2.15. The number of hydrogen-bond acceptors (Lipinski definition) is 3. The Hall–Kier alpha value is -1.68. The summed E-state index contributed by atoms with van der Waals surface area (Å²) in [5, 5.41) is 0. The van der Waals surface area contributed by atoms with E-state index in [1.165, 1.54) is 16.7 Å². The molecule has 1 saturated heterocycles. The summed E-state index contributed by atoms with van der Waals surface area (Å²) in [7, 11) is 0. The average Bonchev–Trinajstić information content (AvgIpc) is 2.57. The first-order valence-electron chi connectivity index (χ1n) is 7.54. The maximum Gasteiger partial charge on any atom is 0.0594 e. The van der Waals surface area contributed by atoms with E-state index >= 15 is 0 Å². The number of morpholine rings is 1. The van der Waals surface area contributed by atoms with Crippen LogP contribution in [0, 0.1) is 0 Å². The molecule has 0 aliphatic carbocycles. The van der Waals surface area contributed by atoms with Gasteiger partial charge in [0, 0.05) is 25.7 Å². The van der Waals surface area contributed by atoms with Crippen LogP contribution in [0.4, 0.5) is 0 Å². The van der Waals surface area contributed by atoms with Crippen molar-refractivity contribution in [1.29, 1.82) is 0 Å². The summed E-state index contributed by atoms with van der Waals surface area (Å²) in [4.78, 5) is 2.37. The predicted molar refractivity (Wildman–Crippen MR) is 86.1 cm³/mol. The van der Waals surface area contributed by atoms with Crippen LogP contribution in [0.3, 0.4) is 0 Å². The van der Waals surface area contributed by atoms with Gasteiger partial charge in [0.05, 0.1) is 13.2 Å². The van der Waals surface area contributed by atoms with Crippen LogP contribution >= 0.6 is 0 Å². The molecular formula is C18H22N2O. The molecule has 0 aromatic heterocycles. The van der Waals surface area contributed by atoms with Gasteiger partial charge in [0.15, 0.2) is 0 Å². The van der Waals surface area contributed by atoms with Crippen LogP contribution in [-0.4, -0.2) is 37.7 Å². The molecule has 0 radical (unpaired) electrons. The van der Waals surface area contributed by atoms with Gasteiger partial charge in [0.1, 0.15) is 0 Å². The third kappa shape index (κ3) is 3.70. The van der Waals surface area contributed by atoms with Crippen molar-refractivity contribution in [2.45, 2.75) is 6.04 Å². The zero-order valence-corrected chi connectivity index (χ0v) is 12.2. The molecule has 2 aromatic carbocycles. The van der Waals surface area contributed by atoms with E-state index < -0.39 is 0 Å². The van der Waals surface area contributed by atoms with E-state index in [0.29, 0.717) is 0 Å². The van der Waals surface area contributed by atoms with Crippen LogP contribution in [-0.2, 0) is 4.74 Å². The van der Waals surface area contributed by atoms with E-state index in [-0.39, 0.29) is 6.04 Å². The number of rotatable bonds is 4. The highest BCUT2D eigenvalue weighted by atomic mass is 16.5.